The molecule has 0 radical (unpaired) electrons. The number of aryl methyl sites for hydroxylation is 1. The zero-order valence-electron chi connectivity index (χ0n) is 19.6. The number of hydrogen-bond acceptors (Lipinski definition) is 4. The molecule has 0 spiro atoms. The first-order chi connectivity index (χ1) is 15.4. The van der Waals surface area contributed by atoms with Crippen molar-refractivity contribution in [3.8, 4) is 0 Å². The van der Waals surface area contributed by atoms with Crippen molar-refractivity contribution in [1.82, 2.24) is 4.31 Å². The highest BCUT2D eigenvalue weighted by atomic mass is 32.3. The molecule has 0 N–H and O–H groups in total. The molecule has 33 heavy (non-hydrogen) atoms. The molecule has 174 valence electrons. The minimum absolute atomic E-state index is 0.126. The lowest BCUT2D eigenvalue weighted by molar-refractivity contribution is 0.493. The minimum atomic E-state index is -3.92. The summed E-state index contributed by atoms with van der Waals surface area (Å²) in [5, 5.41) is 0. The van der Waals surface area contributed by atoms with E-state index in [0.29, 0.717) is 9.79 Å². The van der Waals surface area contributed by atoms with Gasteiger partial charge in [0.2, 0.25) is 0 Å². The normalized spacial score (nSPS) is 13.0. The highest BCUT2D eigenvalue weighted by molar-refractivity contribution is 8.00. The molecule has 0 aromatic heterocycles. The molecule has 0 heterocycles. The second kappa shape index (κ2) is 9.63. The Kier molecular flexibility index (Phi) is 7.26. The summed E-state index contributed by atoms with van der Waals surface area (Å²) < 4.78 is 47.2. The molecule has 0 saturated heterocycles. The number of hydrogen-bond donors (Lipinski definition) is 0. The van der Waals surface area contributed by atoms with Crippen LogP contribution in [-0.2, 0) is 20.1 Å². The minimum Gasteiger partial charge on any atom is -0.622 e. The Morgan fingerprint density at radius 2 is 1.33 bits per heavy atom. The molecule has 0 atom stereocenters. The first kappa shape index (κ1) is 24.9. The van der Waals surface area contributed by atoms with Crippen molar-refractivity contribution in [2.75, 3.05) is 7.05 Å². The first-order valence-electron chi connectivity index (χ1n) is 10.6. The van der Waals surface area contributed by atoms with E-state index in [4.69, 9.17) is 0 Å². The van der Waals surface area contributed by atoms with Crippen molar-refractivity contribution in [2.24, 2.45) is 9.78 Å². The summed E-state index contributed by atoms with van der Waals surface area (Å²) in [7, 11) is -5.63. The van der Waals surface area contributed by atoms with E-state index in [2.05, 4.69) is 4.36 Å². The molecule has 7 heteroatoms. The van der Waals surface area contributed by atoms with Gasteiger partial charge in [-0.3, -0.25) is 0 Å². The smallest absolute Gasteiger partial charge is 0.265 e. The summed E-state index contributed by atoms with van der Waals surface area (Å²) in [6.45, 7) is 7.74. The van der Waals surface area contributed by atoms with Crippen LogP contribution < -0.4 is 0 Å². The van der Waals surface area contributed by atoms with Crippen molar-refractivity contribution >= 4 is 20.1 Å². The molecule has 0 amide bonds. The Balaban J connectivity index is 2.27. The van der Waals surface area contributed by atoms with Crippen LogP contribution in [0.15, 0.2) is 116 Å². The maximum absolute atomic E-state index is 14.5. The molecule has 0 aliphatic heterocycles. The van der Waals surface area contributed by atoms with Gasteiger partial charge in [0.05, 0.1) is 4.90 Å². The summed E-state index contributed by atoms with van der Waals surface area (Å²) in [5.74, 6) is 0.126. The van der Waals surface area contributed by atoms with Gasteiger partial charge in [0, 0.05) is 7.05 Å². The van der Waals surface area contributed by atoms with E-state index in [1.165, 1.54) is 7.05 Å². The van der Waals surface area contributed by atoms with Crippen LogP contribution in [0.4, 0.5) is 0 Å². The molecule has 3 aromatic rings. The zero-order chi connectivity index (χ0) is 24.3. The lowest BCUT2D eigenvalue weighted by Crippen LogP contribution is -2.28. The second-order valence-corrected chi connectivity index (χ2v) is 13.0. The molecule has 0 unspecified atom stereocenters. The average Bonchev–Trinajstić information content (AvgIpc) is 2.78. The third-order valence-corrected chi connectivity index (χ3v) is 8.95. The maximum Gasteiger partial charge on any atom is 0.265 e. The van der Waals surface area contributed by atoms with Crippen LogP contribution in [-0.4, -0.2) is 24.3 Å². The van der Waals surface area contributed by atoms with Gasteiger partial charge in [-0.1, -0.05) is 79.2 Å². The number of sulfonamides is 1. The maximum atomic E-state index is 14.5. The number of allylic oxidation sites excluding steroid dienone is 1. The van der Waals surface area contributed by atoms with Crippen LogP contribution >= 0.6 is 0 Å². The van der Waals surface area contributed by atoms with Gasteiger partial charge >= 0.3 is 0 Å². The predicted octanol–water partition coefficient (Wildman–Crippen LogP) is 6.09. The van der Waals surface area contributed by atoms with Crippen molar-refractivity contribution < 1.29 is 13.0 Å². The highest BCUT2D eigenvalue weighted by Gasteiger charge is 2.29. The van der Waals surface area contributed by atoms with Crippen LogP contribution in [0, 0.1) is 12.3 Å². The van der Waals surface area contributed by atoms with Crippen LogP contribution in [0.5, 0.6) is 0 Å². The van der Waals surface area contributed by atoms with Crippen LogP contribution in [0.25, 0.3) is 0 Å². The molecule has 0 aliphatic rings. The summed E-state index contributed by atoms with van der Waals surface area (Å²) >= 11 is 0. The van der Waals surface area contributed by atoms with Gasteiger partial charge in [-0.25, -0.2) is 12.7 Å². The number of benzene rings is 3. The largest absolute Gasteiger partial charge is 0.622 e. The van der Waals surface area contributed by atoms with E-state index in [1.807, 2.05) is 39.8 Å². The van der Waals surface area contributed by atoms with Crippen LogP contribution in [0.3, 0.4) is 0 Å². The van der Waals surface area contributed by atoms with E-state index in [9.17, 15) is 13.0 Å². The lowest BCUT2D eigenvalue weighted by atomic mass is 9.96. The molecule has 3 aromatic carbocycles. The van der Waals surface area contributed by atoms with Crippen LogP contribution in [0.1, 0.15) is 26.3 Å². The predicted molar refractivity (Wildman–Crippen MR) is 134 cm³/mol. The van der Waals surface area contributed by atoms with Crippen molar-refractivity contribution in [3.05, 3.63) is 102 Å². The third-order valence-electron chi connectivity index (χ3n) is 4.91. The Bertz CT molecular complexity index is 1230. The Labute approximate surface area is 198 Å². The monoisotopic (exact) mass is 482 g/mol. The van der Waals surface area contributed by atoms with Crippen LogP contribution in [0.2, 0.25) is 0 Å². The second-order valence-electron chi connectivity index (χ2n) is 8.90. The van der Waals surface area contributed by atoms with Gasteiger partial charge in [-0.15, -0.1) is 0 Å². The third kappa shape index (κ3) is 5.79. The summed E-state index contributed by atoms with van der Waals surface area (Å²) in [6, 6.07) is 24.5. The summed E-state index contributed by atoms with van der Waals surface area (Å²) in [5.41, 5.74) is 0.548. The van der Waals surface area contributed by atoms with Crippen molar-refractivity contribution in [2.45, 2.75) is 42.4 Å². The molecule has 0 fully saturated rings. The molecule has 0 saturated carbocycles. The van der Waals surface area contributed by atoms with Gasteiger partial charge in [-0.05, 0) is 64.9 Å². The summed E-state index contributed by atoms with van der Waals surface area (Å²) in [4.78, 5) is 1.17. The highest BCUT2D eigenvalue weighted by Crippen LogP contribution is 2.33. The van der Waals surface area contributed by atoms with Crippen molar-refractivity contribution in [1.29, 1.82) is 0 Å². The molecular formula is C26H30N2O3S2. The van der Waals surface area contributed by atoms with Gasteiger partial charge in [0.1, 0.15) is 9.79 Å². The van der Waals surface area contributed by atoms with E-state index < -0.39 is 25.5 Å². The Morgan fingerprint density at radius 3 is 1.76 bits per heavy atom. The first-order valence-corrected chi connectivity index (χ1v) is 13.5. The van der Waals surface area contributed by atoms with Gasteiger partial charge in [0.25, 0.3) is 10.0 Å². The Morgan fingerprint density at radius 1 is 0.879 bits per heavy atom. The van der Waals surface area contributed by atoms with Gasteiger partial charge < -0.3 is 4.55 Å². The van der Waals surface area contributed by atoms with E-state index in [-0.39, 0.29) is 10.7 Å². The standard InChI is InChI=1S/C26H30N2O3S2/c1-21-16-18-24(19-17-21)33(30,31)28(5)25(20-26(2,3)4)27-32(29,22-12-8-6-9-13-22)23-14-10-7-11-15-23/h6-20H,1-5H3/b25-20+. The number of nitrogens with zero attached hydrogens (tertiary/aromatic N) is 2. The van der Waals surface area contributed by atoms with Crippen molar-refractivity contribution in [3.63, 3.8) is 0 Å². The van der Waals surface area contributed by atoms with E-state index >= 15 is 0 Å². The van der Waals surface area contributed by atoms with E-state index in [0.717, 1.165) is 9.87 Å². The average molecular weight is 483 g/mol. The zero-order valence-corrected chi connectivity index (χ0v) is 21.2. The molecule has 3 rings (SSSR count). The fourth-order valence-electron chi connectivity index (χ4n) is 3.14. The SMILES string of the molecule is Cc1ccc(S(=O)(=O)N(C)/C(=C/C(C)(C)C)N=[S+]([O-])(c2ccccc2)c2ccccc2)cc1. The van der Waals surface area contributed by atoms with Gasteiger partial charge in [-0.2, -0.15) is 0 Å². The molecule has 0 bridgehead atoms. The fraction of sp³-hybridized carbons (Fsp3) is 0.231. The number of rotatable bonds is 6. The molecule has 0 aliphatic carbocycles. The van der Waals surface area contributed by atoms with E-state index in [1.54, 1.807) is 78.9 Å². The molecular weight excluding hydrogens is 452 g/mol. The quantitative estimate of drug-likeness (QED) is 0.399. The summed E-state index contributed by atoms with van der Waals surface area (Å²) in [6.07, 6.45) is 1.74. The molecule has 5 nitrogen and oxygen atoms in total. The van der Waals surface area contributed by atoms with Gasteiger partial charge in [0.15, 0.2) is 5.82 Å². The topological polar surface area (TPSA) is 72.8 Å². The Hall–Kier alpha value is -2.74. The fourth-order valence-corrected chi connectivity index (χ4v) is 6.30. The lowest BCUT2D eigenvalue weighted by Gasteiger charge is -2.27.